The minimum Gasteiger partial charge on any atom is -0.504 e. The predicted molar refractivity (Wildman–Crippen MR) is 105 cm³/mol. The van der Waals surface area contributed by atoms with Crippen LogP contribution in [0, 0.1) is 5.92 Å². The summed E-state index contributed by atoms with van der Waals surface area (Å²) in [4.78, 5) is 17.2. The van der Waals surface area contributed by atoms with Crippen LogP contribution in [0.4, 0.5) is 0 Å². The number of phenolic OH excluding ortho intramolecular Hbond substituents is 1. The number of hydrogen-bond donors (Lipinski definition) is 1. The van der Waals surface area contributed by atoms with Gasteiger partial charge in [-0.25, -0.2) is 0 Å². The van der Waals surface area contributed by atoms with E-state index >= 15 is 0 Å². The highest BCUT2D eigenvalue weighted by molar-refractivity contribution is 5.77. The summed E-state index contributed by atoms with van der Waals surface area (Å²) in [6, 6.07) is 5.69. The number of hydrogen-bond acceptors (Lipinski definition) is 4. The summed E-state index contributed by atoms with van der Waals surface area (Å²) in [7, 11) is 5.64. The minimum absolute atomic E-state index is 0.131. The van der Waals surface area contributed by atoms with Crippen molar-refractivity contribution < 1.29 is 14.6 Å². The van der Waals surface area contributed by atoms with Crippen LogP contribution in [0.25, 0.3) is 0 Å². The first kappa shape index (κ1) is 20.6. The molecule has 26 heavy (non-hydrogen) atoms. The van der Waals surface area contributed by atoms with E-state index in [0.717, 1.165) is 37.4 Å². The standard InChI is InChI=1S/C21H34N2O3/c1-16-5-9-18(10-6-16)23(14-13-22(2)3)21(25)12-8-17-7-11-19(24)20(15-17)26-4/h7,11,15-16,18,24H,5-6,8-10,12-14H2,1-4H3/t16-,18+. The van der Waals surface area contributed by atoms with Gasteiger partial charge in [0, 0.05) is 25.6 Å². The highest BCUT2D eigenvalue weighted by Gasteiger charge is 2.27. The number of carbonyl (C=O) groups is 1. The zero-order chi connectivity index (χ0) is 19.1. The van der Waals surface area contributed by atoms with Crippen molar-refractivity contribution in [3.63, 3.8) is 0 Å². The molecule has 0 radical (unpaired) electrons. The smallest absolute Gasteiger partial charge is 0.223 e. The Kier molecular flexibility index (Phi) is 7.76. The topological polar surface area (TPSA) is 53.0 Å². The molecule has 1 aromatic carbocycles. The molecule has 5 heteroatoms. The quantitative estimate of drug-likeness (QED) is 0.771. The Morgan fingerprint density at radius 1 is 1.19 bits per heavy atom. The zero-order valence-corrected chi connectivity index (χ0v) is 16.7. The molecule has 1 amide bonds. The minimum atomic E-state index is 0.131. The second kappa shape index (κ2) is 9.81. The van der Waals surface area contributed by atoms with Gasteiger partial charge in [-0.2, -0.15) is 0 Å². The third-order valence-corrected chi connectivity index (χ3v) is 5.41. The van der Waals surface area contributed by atoms with Crippen LogP contribution in [0.2, 0.25) is 0 Å². The van der Waals surface area contributed by atoms with E-state index in [-0.39, 0.29) is 11.7 Å². The zero-order valence-electron chi connectivity index (χ0n) is 16.7. The molecular formula is C21H34N2O3. The second-order valence-corrected chi connectivity index (χ2v) is 7.81. The number of aromatic hydroxyl groups is 1. The molecule has 0 saturated heterocycles. The van der Waals surface area contributed by atoms with E-state index < -0.39 is 0 Å². The lowest BCUT2D eigenvalue weighted by molar-refractivity contribution is -0.134. The van der Waals surface area contributed by atoms with Gasteiger partial charge in [-0.3, -0.25) is 4.79 Å². The van der Waals surface area contributed by atoms with E-state index in [1.54, 1.807) is 6.07 Å². The molecule has 0 unspecified atom stereocenters. The van der Waals surface area contributed by atoms with Crippen LogP contribution in [0.3, 0.4) is 0 Å². The largest absolute Gasteiger partial charge is 0.504 e. The molecule has 1 aliphatic rings. The molecule has 0 aliphatic heterocycles. The number of benzene rings is 1. The lowest BCUT2D eigenvalue weighted by Crippen LogP contribution is -2.45. The van der Waals surface area contributed by atoms with Gasteiger partial charge in [-0.15, -0.1) is 0 Å². The molecule has 1 fully saturated rings. The molecule has 5 nitrogen and oxygen atoms in total. The molecular weight excluding hydrogens is 328 g/mol. The number of aryl methyl sites for hydroxylation is 1. The van der Waals surface area contributed by atoms with Gasteiger partial charge in [0.2, 0.25) is 5.91 Å². The Labute approximate surface area is 157 Å². The summed E-state index contributed by atoms with van der Waals surface area (Å²) in [5.41, 5.74) is 1.01. The van der Waals surface area contributed by atoms with Crippen molar-refractivity contribution in [1.29, 1.82) is 0 Å². The molecule has 0 atom stereocenters. The van der Waals surface area contributed by atoms with Crippen LogP contribution in [0.5, 0.6) is 11.5 Å². The Morgan fingerprint density at radius 3 is 2.50 bits per heavy atom. The van der Waals surface area contributed by atoms with Crippen molar-refractivity contribution in [3.8, 4) is 11.5 Å². The van der Waals surface area contributed by atoms with E-state index in [2.05, 4.69) is 16.7 Å². The SMILES string of the molecule is COc1cc(CCC(=O)N(CCN(C)C)[C@H]2CC[C@@H](C)CC2)ccc1O. The second-order valence-electron chi connectivity index (χ2n) is 7.81. The summed E-state index contributed by atoms with van der Waals surface area (Å²) in [6.45, 7) is 4.00. The van der Waals surface area contributed by atoms with E-state index in [1.165, 1.54) is 20.0 Å². The van der Waals surface area contributed by atoms with Gasteiger partial charge in [-0.1, -0.05) is 13.0 Å². The van der Waals surface area contributed by atoms with E-state index in [4.69, 9.17) is 4.74 Å². The first-order chi connectivity index (χ1) is 12.4. The average Bonchev–Trinajstić information content (AvgIpc) is 2.62. The molecule has 2 rings (SSSR count). The van der Waals surface area contributed by atoms with Crippen LogP contribution in [-0.4, -0.2) is 61.2 Å². The van der Waals surface area contributed by atoms with Crippen molar-refractivity contribution in [2.45, 2.75) is 51.5 Å². The molecule has 1 saturated carbocycles. The number of rotatable bonds is 8. The fraction of sp³-hybridized carbons (Fsp3) is 0.667. The molecule has 1 aromatic rings. The summed E-state index contributed by atoms with van der Waals surface area (Å²) < 4.78 is 5.16. The van der Waals surface area contributed by atoms with Crippen molar-refractivity contribution >= 4 is 5.91 Å². The lowest BCUT2D eigenvalue weighted by atomic mass is 9.86. The van der Waals surface area contributed by atoms with Crippen molar-refractivity contribution in [1.82, 2.24) is 9.80 Å². The number of ether oxygens (including phenoxy) is 1. The number of methoxy groups -OCH3 is 1. The fourth-order valence-electron chi connectivity index (χ4n) is 3.65. The molecule has 0 aromatic heterocycles. The van der Waals surface area contributed by atoms with Crippen molar-refractivity contribution in [3.05, 3.63) is 23.8 Å². The van der Waals surface area contributed by atoms with Crippen LogP contribution in [-0.2, 0) is 11.2 Å². The number of likely N-dealkylation sites (N-methyl/N-ethyl adjacent to an activating group) is 1. The number of phenols is 1. The van der Waals surface area contributed by atoms with Gasteiger partial charge >= 0.3 is 0 Å². The molecule has 146 valence electrons. The fourth-order valence-corrected chi connectivity index (χ4v) is 3.65. The van der Waals surface area contributed by atoms with E-state index in [9.17, 15) is 9.90 Å². The van der Waals surface area contributed by atoms with E-state index in [0.29, 0.717) is 24.6 Å². The number of carbonyl (C=O) groups excluding carboxylic acids is 1. The summed E-state index contributed by atoms with van der Waals surface area (Å²) in [5, 5.41) is 9.71. The van der Waals surface area contributed by atoms with E-state index in [1.807, 2.05) is 26.2 Å². The number of nitrogens with zero attached hydrogens (tertiary/aromatic N) is 2. The van der Waals surface area contributed by atoms with Gasteiger partial charge in [0.25, 0.3) is 0 Å². The maximum Gasteiger partial charge on any atom is 0.223 e. The van der Waals surface area contributed by atoms with Crippen LogP contribution >= 0.6 is 0 Å². The van der Waals surface area contributed by atoms with Gasteiger partial charge in [-0.05, 0) is 69.8 Å². The Hall–Kier alpha value is -1.75. The number of amides is 1. The van der Waals surface area contributed by atoms with Crippen LogP contribution < -0.4 is 4.74 Å². The molecule has 1 aliphatic carbocycles. The summed E-state index contributed by atoms with van der Waals surface area (Å²) in [5.74, 6) is 1.60. The lowest BCUT2D eigenvalue weighted by Gasteiger charge is -2.37. The first-order valence-electron chi connectivity index (χ1n) is 9.70. The maximum atomic E-state index is 13.0. The third kappa shape index (κ3) is 5.90. The van der Waals surface area contributed by atoms with Gasteiger partial charge in [0.1, 0.15) is 0 Å². The van der Waals surface area contributed by atoms with Crippen molar-refractivity contribution in [2.75, 3.05) is 34.3 Å². The van der Waals surface area contributed by atoms with Gasteiger partial charge in [0.05, 0.1) is 7.11 Å². The normalized spacial score (nSPS) is 20.2. The molecule has 0 spiro atoms. The Morgan fingerprint density at radius 2 is 1.88 bits per heavy atom. The van der Waals surface area contributed by atoms with Crippen LogP contribution in [0.1, 0.15) is 44.6 Å². The average molecular weight is 363 g/mol. The Balaban J connectivity index is 1.98. The predicted octanol–water partition coefficient (Wildman–Crippen LogP) is 3.30. The molecule has 1 N–H and O–H groups in total. The monoisotopic (exact) mass is 362 g/mol. The summed E-state index contributed by atoms with van der Waals surface area (Å²) >= 11 is 0. The highest BCUT2D eigenvalue weighted by Crippen LogP contribution is 2.29. The maximum absolute atomic E-state index is 13.0. The van der Waals surface area contributed by atoms with Crippen LogP contribution in [0.15, 0.2) is 18.2 Å². The molecule has 0 heterocycles. The highest BCUT2D eigenvalue weighted by atomic mass is 16.5. The van der Waals surface area contributed by atoms with Crippen molar-refractivity contribution in [2.24, 2.45) is 5.92 Å². The molecule has 0 bridgehead atoms. The third-order valence-electron chi connectivity index (χ3n) is 5.41. The van der Waals surface area contributed by atoms with Gasteiger partial charge in [0.15, 0.2) is 11.5 Å². The van der Waals surface area contributed by atoms with Gasteiger partial charge < -0.3 is 19.6 Å². The first-order valence-corrected chi connectivity index (χ1v) is 9.70. The summed E-state index contributed by atoms with van der Waals surface area (Å²) in [6.07, 6.45) is 5.82. The Bertz CT molecular complexity index is 581.